The Labute approximate surface area is 123 Å². The molecule has 1 rings (SSSR count). The predicted molar refractivity (Wildman–Crippen MR) is 92.3 cm³/mol. The van der Waals surface area contributed by atoms with Crippen molar-refractivity contribution in [2.75, 3.05) is 0 Å². The number of allylic oxidation sites excluding steroid dienone is 4. The fourth-order valence-electron chi connectivity index (χ4n) is 1.24. The Balaban J connectivity index is -0.000000207. The van der Waals surface area contributed by atoms with Crippen molar-refractivity contribution >= 4 is 0 Å². The van der Waals surface area contributed by atoms with Gasteiger partial charge in [0.05, 0.1) is 0 Å². The topological polar surface area (TPSA) is 0 Å². The van der Waals surface area contributed by atoms with Crippen molar-refractivity contribution < 1.29 is 0 Å². The zero-order chi connectivity index (χ0) is 15.5. The zero-order valence-electron chi connectivity index (χ0n) is 14.4. The highest BCUT2D eigenvalue weighted by Crippen LogP contribution is 2.13. The molecule has 0 atom stereocenters. The van der Waals surface area contributed by atoms with E-state index in [0.717, 1.165) is 5.92 Å². The normalized spacial score (nSPS) is 11.6. The van der Waals surface area contributed by atoms with Gasteiger partial charge in [-0.25, -0.2) is 0 Å². The average molecular weight is 264 g/mol. The molecule has 0 spiro atoms. The summed E-state index contributed by atoms with van der Waals surface area (Å²) in [6.07, 6.45) is 17.6. The van der Waals surface area contributed by atoms with Crippen LogP contribution in [0.15, 0.2) is 23.8 Å². The van der Waals surface area contributed by atoms with Gasteiger partial charge in [0.25, 0.3) is 0 Å². The largest absolute Gasteiger partial charge is 0.120 e. The summed E-state index contributed by atoms with van der Waals surface area (Å²) in [5.74, 6) is 3.19. The molecule has 112 valence electrons. The van der Waals surface area contributed by atoms with Crippen molar-refractivity contribution in [3.63, 3.8) is 0 Å². The van der Waals surface area contributed by atoms with Gasteiger partial charge in [-0.2, -0.15) is 0 Å². The molecule has 0 aromatic rings. The maximum Gasteiger partial charge on any atom is -0.00297 e. The Hall–Kier alpha value is -0.960. The summed E-state index contributed by atoms with van der Waals surface area (Å²) in [6, 6.07) is 0. The van der Waals surface area contributed by atoms with Crippen LogP contribution in [0.5, 0.6) is 0 Å². The predicted octanol–water partition coefficient (Wildman–Crippen LogP) is 6.78. The minimum atomic E-state index is 0.935. The van der Waals surface area contributed by atoms with Gasteiger partial charge in [-0.15, -0.1) is 12.3 Å². The van der Waals surface area contributed by atoms with Crippen molar-refractivity contribution in [1.82, 2.24) is 0 Å². The van der Waals surface area contributed by atoms with Crippen molar-refractivity contribution in [3.8, 4) is 12.3 Å². The molecule has 1 aliphatic carbocycles. The van der Waals surface area contributed by atoms with Crippen molar-refractivity contribution in [2.45, 2.75) is 80.6 Å². The standard InChI is InChI=1S/C8H12.C6H14.C3H4.C2H6/c1-2-8-6-4-3-5-7-8;1-4-6(3)5-2;1-3-2;1-2/h3-4,6H,2,5,7H2,1H3;6H,4-5H2,1-3H3;1H,2H3;1-2H3. The van der Waals surface area contributed by atoms with Crippen molar-refractivity contribution in [3.05, 3.63) is 23.8 Å². The van der Waals surface area contributed by atoms with E-state index in [0.29, 0.717) is 0 Å². The van der Waals surface area contributed by atoms with E-state index >= 15 is 0 Å². The second kappa shape index (κ2) is 22.2. The first-order chi connectivity index (χ1) is 9.15. The quantitative estimate of drug-likeness (QED) is 0.493. The lowest BCUT2D eigenvalue weighted by atomic mass is 10.0. The molecule has 0 aromatic carbocycles. The van der Waals surface area contributed by atoms with Crippen LogP contribution < -0.4 is 0 Å². The molecule has 0 amide bonds. The average Bonchev–Trinajstić information content (AvgIpc) is 2.50. The van der Waals surface area contributed by atoms with E-state index in [1.54, 1.807) is 12.5 Å². The van der Waals surface area contributed by atoms with E-state index in [2.05, 4.69) is 58.3 Å². The first-order valence-electron chi connectivity index (χ1n) is 7.87. The minimum Gasteiger partial charge on any atom is -0.120 e. The van der Waals surface area contributed by atoms with Crippen molar-refractivity contribution in [1.29, 1.82) is 0 Å². The molecule has 0 saturated carbocycles. The van der Waals surface area contributed by atoms with Gasteiger partial charge < -0.3 is 0 Å². The summed E-state index contributed by atoms with van der Waals surface area (Å²) in [5, 5.41) is 0. The lowest BCUT2D eigenvalue weighted by molar-refractivity contribution is 0.544. The molecule has 0 saturated heterocycles. The fraction of sp³-hybridized carbons (Fsp3) is 0.684. The lowest BCUT2D eigenvalue weighted by Crippen LogP contribution is -1.85. The molecular formula is C19H36. The molecule has 19 heavy (non-hydrogen) atoms. The van der Waals surface area contributed by atoms with Crippen LogP contribution in [-0.2, 0) is 0 Å². The van der Waals surface area contributed by atoms with Gasteiger partial charge in [0, 0.05) is 0 Å². The maximum atomic E-state index is 4.60. The third-order valence-corrected chi connectivity index (χ3v) is 2.95. The molecule has 0 aliphatic heterocycles. The Kier molecular flexibility index (Phi) is 27.1. The molecule has 0 bridgehead atoms. The van der Waals surface area contributed by atoms with Gasteiger partial charge in [-0.3, -0.25) is 0 Å². The van der Waals surface area contributed by atoms with Gasteiger partial charge in [0.1, 0.15) is 0 Å². The zero-order valence-corrected chi connectivity index (χ0v) is 14.4. The Morgan fingerprint density at radius 1 is 1.21 bits per heavy atom. The molecule has 0 heteroatoms. The minimum absolute atomic E-state index is 0.935. The summed E-state index contributed by atoms with van der Waals surface area (Å²) >= 11 is 0. The first kappa shape index (κ1) is 23.2. The highest BCUT2D eigenvalue weighted by atomic mass is 14.0. The van der Waals surface area contributed by atoms with E-state index in [1.165, 1.54) is 32.1 Å². The van der Waals surface area contributed by atoms with Crippen LogP contribution in [0.4, 0.5) is 0 Å². The highest BCUT2D eigenvalue weighted by molar-refractivity contribution is 5.16. The monoisotopic (exact) mass is 264 g/mol. The van der Waals surface area contributed by atoms with Gasteiger partial charge >= 0.3 is 0 Å². The molecule has 1 aliphatic rings. The smallest absolute Gasteiger partial charge is 0.00297 e. The van der Waals surface area contributed by atoms with Gasteiger partial charge in [-0.1, -0.05) is 78.2 Å². The van der Waals surface area contributed by atoms with Crippen LogP contribution in [0.2, 0.25) is 0 Å². The fourth-order valence-corrected chi connectivity index (χ4v) is 1.24. The number of terminal acetylenes is 1. The maximum absolute atomic E-state index is 4.60. The van der Waals surface area contributed by atoms with Gasteiger partial charge in [0.15, 0.2) is 0 Å². The molecule has 0 N–H and O–H groups in total. The summed E-state index contributed by atoms with van der Waals surface area (Å²) in [5.41, 5.74) is 1.59. The number of rotatable bonds is 3. The van der Waals surface area contributed by atoms with Crippen molar-refractivity contribution in [2.24, 2.45) is 5.92 Å². The van der Waals surface area contributed by atoms with E-state index in [4.69, 9.17) is 0 Å². The third-order valence-electron chi connectivity index (χ3n) is 2.95. The van der Waals surface area contributed by atoms with Gasteiger partial charge in [0.2, 0.25) is 0 Å². The van der Waals surface area contributed by atoms with E-state index in [9.17, 15) is 0 Å². The van der Waals surface area contributed by atoms with E-state index in [-0.39, 0.29) is 0 Å². The second-order valence-corrected chi connectivity index (χ2v) is 4.36. The van der Waals surface area contributed by atoms with E-state index in [1.807, 2.05) is 13.8 Å². The van der Waals surface area contributed by atoms with Crippen LogP contribution in [0.25, 0.3) is 0 Å². The molecule has 0 heterocycles. The second-order valence-electron chi connectivity index (χ2n) is 4.36. The van der Waals surface area contributed by atoms with Crippen LogP contribution in [0, 0.1) is 18.3 Å². The summed E-state index contributed by atoms with van der Waals surface area (Å²) in [7, 11) is 0. The third kappa shape index (κ3) is 22.7. The number of hydrogen-bond donors (Lipinski definition) is 0. The lowest BCUT2D eigenvalue weighted by Gasteiger charge is -2.03. The Morgan fingerprint density at radius 3 is 1.84 bits per heavy atom. The van der Waals surface area contributed by atoms with Crippen LogP contribution in [-0.4, -0.2) is 0 Å². The summed E-state index contributed by atoms with van der Waals surface area (Å²) in [4.78, 5) is 0. The molecular weight excluding hydrogens is 228 g/mol. The van der Waals surface area contributed by atoms with Gasteiger partial charge in [-0.05, 0) is 32.1 Å². The first-order valence-corrected chi connectivity index (χ1v) is 7.87. The molecule has 0 aromatic heterocycles. The molecule has 0 nitrogen and oxygen atoms in total. The SMILES string of the molecule is C#CC.CC.CCC(C)CC.CCC1=CC=CCC1. The molecule has 0 radical (unpaired) electrons. The molecule has 0 fully saturated rings. The van der Waals surface area contributed by atoms with Crippen LogP contribution in [0.1, 0.15) is 80.6 Å². The Morgan fingerprint density at radius 2 is 1.68 bits per heavy atom. The van der Waals surface area contributed by atoms with Crippen LogP contribution in [0.3, 0.4) is 0 Å². The summed E-state index contributed by atoms with van der Waals surface area (Å²) < 4.78 is 0. The summed E-state index contributed by atoms with van der Waals surface area (Å²) in [6.45, 7) is 14.6. The molecule has 0 unspecified atom stereocenters. The van der Waals surface area contributed by atoms with E-state index < -0.39 is 0 Å². The Bertz CT molecular complexity index is 233. The highest BCUT2D eigenvalue weighted by Gasteiger charge is 1.93. The van der Waals surface area contributed by atoms with Crippen LogP contribution >= 0.6 is 0 Å². The number of hydrogen-bond acceptors (Lipinski definition) is 0.